The van der Waals surface area contributed by atoms with E-state index in [-0.39, 0.29) is 0 Å². The summed E-state index contributed by atoms with van der Waals surface area (Å²) in [5, 5.41) is 7.17. The van der Waals surface area contributed by atoms with Crippen molar-refractivity contribution in [2.75, 3.05) is 0 Å². The van der Waals surface area contributed by atoms with Gasteiger partial charge in [-0.2, -0.15) is 0 Å². The highest BCUT2D eigenvalue weighted by molar-refractivity contribution is 6.07. The second-order valence-corrected chi connectivity index (χ2v) is 4.79. The molecule has 0 nitrogen and oxygen atoms in total. The first-order valence-corrected chi connectivity index (χ1v) is 7.33. The minimum atomic E-state index is 1.04. The quantitative estimate of drug-likeness (QED) is 0.570. The second kappa shape index (κ2) is 5.92. The topological polar surface area (TPSA) is 0 Å². The van der Waals surface area contributed by atoms with Crippen LogP contribution in [-0.2, 0) is 6.42 Å². The number of hydrogen-bond donors (Lipinski definition) is 0. The summed E-state index contributed by atoms with van der Waals surface area (Å²) in [5.41, 5.74) is 1.34. The molecule has 0 aliphatic rings. The molecule has 0 saturated carbocycles. The number of benzene rings is 3. The molecular formula is C20H22. The summed E-state index contributed by atoms with van der Waals surface area (Å²) in [5.74, 6) is 0. The molecule has 0 aliphatic heterocycles. The minimum Gasteiger partial charge on any atom is -0.0911 e. The van der Waals surface area contributed by atoms with Crippen LogP contribution in [0.25, 0.3) is 34.7 Å². The fourth-order valence-corrected chi connectivity index (χ4v) is 2.68. The molecule has 3 aromatic carbocycles. The van der Waals surface area contributed by atoms with E-state index in [1.54, 1.807) is 0 Å². The number of rotatable bonds is 1. The molecule has 3 aromatic rings. The zero-order valence-electron chi connectivity index (χ0n) is 12.7. The van der Waals surface area contributed by atoms with Crippen LogP contribution in [0.4, 0.5) is 0 Å². The molecule has 0 radical (unpaired) electrons. The van der Waals surface area contributed by atoms with E-state index in [0.717, 1.165) is 16.9 Å². The average molecular weight is 262 g/mol. The Balaban J connectivity index is 0.000000704. The first-order valence-electron chi connectivity index (χ1n) is 7.33. The molecular weight excluding hydrogens is 240 g/mol. The van der Waals surface area contributed by atoms with E-state index in [1.165, 1.54) is 27.1 Å². The van der Waals surface area contributed by atoms with Crippen LogP contribution < -0.4 is 10.4 Å². The zero-order chi connectivity index (χ0) is 14.7. The highest BCUT2D eigenvalue weighted by Gasteiger charge is 2.03. The van der Waals surface area contributed by atoms with Crippen molar-refractivity contribution in [3.05, 3.63) is 58.5 Å². The van der Waals surface area contributed by atoms with Crippen LogP contribution >= 0.6 is 0 Å². The van der Waals surface area contributed by atoms with Gasteiger partial charge in [-0.05, 0) is 44.0 Å². The van der Waals surface area contributed by atoms with Crippen LogP contribution in [0, 0.1) is 0 Å². The smallest absolute Gasteiger partial charge is 0.00328 e. The summed E-state index contributed by atoms with van der Waals surface area (Å²) < 4.78 is 0. The van der Waals surface area contributed by atoms with Crippen molar-refractivity contribution in [2.45, 2.75) is 27.2 Å². The van der Waals surface area contributed by atoms with Gasteiger partial charge in [0.05, 0.1) is 0 Å². The SMILES string of the molecule is C=c1cccc2ccc3cc(CC)cc(=C)c3c12.CC. The van der Waals surface area contributed by atoms with Crippen LogP contribution in [0.1, 0.15) is 26.3 Å². The molecule has 0 aromatic heterocycles. The number of aryl methyl sites for hydroxylation is 1. The van der Waals surface area contributed by atoms with Crippen molar-refractivity contribution in [1.82, 2.24) is 0 Å². The van der Waals surface area contributed by atoms with E-state index in [4.69, 9.17) is 0 Å². The third-order valence-corrected chi connectivity index (χ3v) is 3.59. The zero-order valence-corrected chi connectivity index (χ0v) is 12.7. The lowest BCUT2D eigenvalue weighted by Gasteiger charge is -2.07. The van der Waals surface area contributed by atoms with E-state index < -0.39 is 0 Å². The molecule has 0 aliphatic carbocycles. The molecule has 102 valence electrons. The summed E-state index contributed by atoms with van der Waals surface area (Å²) in [6.07, 6.45) is 1.04. The van der Waals surface area contributed by atoms with Crippen molar-refractivity contribution in [2.24, 2.45) is 0 Å². The Morgan fingerprint density at radius 3 is 2.15 bits per heavy atom. The predicted octanol–water partition coefficient (Wildman–Crippen LogP) is 4.40. The van der Waals surface area contributed by atoms with Gasteiger partial charge in [0, 0.05) is 0 Å². The van der Waals surface area contributed by atoms with Crippen LogP contribution in [0.5, 0.6) is 0 Å². The van der Waals surface area contributed by atoms with Gasteiger partial charge in [0.2, 0.25) is 0 Å². The number of hydrogen-bond acceptors (Lipinski definition) is 0. The predicted molar refractivity (Wildman–Crippen MR) is 92.5 cm³/mol. The molecule has 0 heteroatoms. The molecule has 20 heavy (non-hydrogen) atoms. The molecule has 0 atom stereocenters. The Hall–Kier alpha value is -2.08. The van der Waals surface area contributed by atoms with E-state index in [0.29, 0.717) is 0 Å². The lowest BCUT2D eigenvalue weighted by Crippen LogP contribution is -2.07. The normalized spacial score (nSPS) is 10.3. The summed E-state index contributed by atoms with van der Waals surface area (Å²) >= 11 is 0. The highest BCUT2D eigenvalue weighted by atomic mass is 14.1. The first-order chi connectivity index (χ1) is 9.70. The molecule has 0 spiro atoms. The van der Waals surface area contributed by atoms with Gasteiger partial charge in [0.1, 0.15) is 0 Å². The summed E-state index contributed by atoms with van der Waals surface area (Å²) in [6.45, 7) is 14.6. The van der Waals surface area contributed by atoms with Crippen molar-refractivity contribution < 1.29 is 0 Å². The van der Waals surface area contributed by atoms with Gasteiger partial charge in [-0.3, -0.25) is 0 Å². The molecule has 3 rings (SSSR count). The molecule has 0 saturated heterocycles. The van der Waals surface area contributed by atoms with E-state index in [9.17, 15) is 0 Å². The maximum Gasteiger partial charge on any atom is -0.00328 e. The number of fused-ring (bicyclic) bond motifs is 3. The standard InChI is InChI=1S/C18H16.C2H6/c1-4-14-10-13(3)18-16(11-14)9-8-15-7-5-6-12(2)17(15)18;1-2/h5-11H,2-4H2,1H3;1-2H3. The highest BCUT2D eigenvalue weighted by Crippen LogP contribution is 2.20. The van der Waals surface area contributed by atoms with Crippen molar-refractivity contribution >= 4 is 34.7 Å². The van der Waals surface area contributed by atoms with Gasteiger partial charge in [0.25, 0.3) is 0 Å². The molecule has 0 fully saturated rings. The summed E-state index contributed by atoms with van der Waals surface area (Å²) in [6, 6.07) is 15.1. The van der Waals surface area contributed by atoms with Gasteiger partial charge in [-0.15, -0.1) is 0 Å². The lowest BCUT2D eigenvalue weighted by atomic mass is 9.97. The largest absolute Gasteiger partial charge is 0.0911 e. The van der Waals surface area contributed by atoms with Gasteiger partial charge < -0.3 is 0 Å². The maximum absolute atomic E-state index is 4.22. The Morgan fingerprint density at radius 2 is 1.45 bits per heavy atom. The Morgan fingerprint density at radius 1 is 0.800 bits per heavy atom. The molecule has 0 N–H and O–H groups in total. The fraction of sp³-hybridized carbons (Fsp3) is 0.200. The average Bonchev–Trinajstić information content (AvgIpc) is 2.49. The second-order valence-electron chi connectivity index (χ2n) is 4.79. The Labute approximate surface area is 121 Å². The van der Waals surface area contributed by atoms with Crippen LogP contribution in [0.2, 0.25) is 0 Å². The molecule has 0 heterocycles. The monoisotopic (exact) mass is 262 g/mol. The summed E-state index contributed by atoms with van der Waals surface area (Å²) in [4.78, 5) is 0. The Bertz CT molecular complexity index is 841. The van der Waals surface area contributed by atoms with Gasteiger partial charge in [-0.25, -0.2) is 0 Å². The third-order valence-electron chi connectivity index (χ3n) is 3.59. The molecule has 0 bridgehead atoms. The van der Waals surface area contributed by atoms with Crippen molar-refractivity contribution in [3.63, 3.8) is 0 Å². The van der Waals surface area contributed by atoms with Crippen molar-refractivity contribution in [1.29, 1.82) is 0 Å². The maximum atomic E-state index is 4.22. The van der Waals surface area contributed by atoms with E-state index in [2.05, 4.69) is 62.5 Å². The first kappa shape index (κ1) is 14.3. The van der Waals surface area contributed by atoms with E-state index in [1.807, 2.05) is 13.8 Å². The Kier molecular flexibility index (Phi) is 4.24. The van der Waals surface area contributed by atoms with Gasteiger partial charge in [-0.1, -0.05) is 76.4 Å². The van der Waals surface area contributed by atoms with Gasteiger partial charge >= 0.3 is 0 Å². The molecule has 0 unspecified atom stereocenters. The fourth-order valence-electron chi connectivity index (χ4n) is 2.68. The lowest BCUT2D eigenvalue weighted by molar-refractivity contribution is 1.14. The minimum absolute atomic E-state index is 1.04. The van der Waals surface area contributed by atoms with Crippen LogP contribution in [0.3, 0.4) is 0 Å². The van der Waals surface area contributed by atoms with E-state index >= 15 is 0 Å². The summed E-state index contributed by atoms with van der Waals surface area (Å²) in [7, 11) is 0. The van der Waals surface area contributed by atoms with Crippen molar-refractivity contribution in [3.8, 4) is 0 Å². The van der Waals surface area contributed by atoms with Crippen LogP contribution in [0.15, 0.2) is 42.5 Å². The molecule has 0 amide bonds. The third kappa shape index (κ3) is 2.34. The van der Waals surface area contributed by atoms with Crippen LogP contribution in [-0.4, -0.2) is 0 Å². The van der Waals surface area contributed by atoms with Gasteiger partial charge in [0.15, 0.2) is 0 Å².